The summed E-state index contributed by atoms with van der Waals surface area (Å²) in [6, 6.07) is 23.6. The van der Waals surface area contributed by atoms with Crippen LogP contribution in [0.1, 0.15) is 11.5 Å². The van der Waals surface area contributed by atoms with Gasteiger partial charge in [0.2, 0.25) is 5.91 Å². The van der Waals surface area contributed by atoms with E-state index >= 15 is 0 Å². The van der Waals surface area contributed by atoms with Gasteiger partial charge in [0.1, 0.15) is 5.75 Å². The number of amides is 1. The second-order valence-electron chi connectivity index (χ2n) is 6.28. The van der Waals surface area contributed by atoms with E-state index in [0.29, 0.717) is 17.7 Å². The molecule has 0 aliphatic rings. The highest BCUT2D eigenvalue weighted by Crippen LogP contribution is 2.26. The maximum Gasteiger partial charge on any atom is 0.277 e. The van der Waals surface area contributed by atoms with E-state index in [1.807, 2.05) is 72.8 Å². The smallest absolute Gasteiger partial charge is 0.277 e. The van der Waals surface area contributed by atoms with Crippen LogP contribution in [-0.4, -0.2) is 21.9 Å². The largest absolute Gasteiger partial charge is 0.483 e. The maximum absolute atomic E-state index is 12.0. The Morgan fingerprint density at radius 1 is 0.966 bits per heavy atom. The van der Waals surface area contributed by atoms with Crippen LogP contribution < -0.4 is 10.1 Å². The van der Waals surface area contributed by atoms with Gasteiger partial charge < -0.3 is 14.5 Å². The number of ether oxygens (including phenoxy) is 1. The SMILES string of the molecule is O=C(CSc1nnc(COc2cccc3ccccc23)o1)NCc1ccccc1. The van der Waals surface area contributed by atoms with Crippen LogP contribution in [0, 0.1) is 0 Å². The van der Waals surface area contributed by atoms with Crippen molar-refractivity contribution in [1.82, 2.24) is 15.5 Å². The van der Waals surface area contributed by atoms with E-state index in [0.717, 1.165) is 22.1 Å². The lowest BCUT2D eigenvalue weighted by Crippen LogP contribution is -2.24. The summed E-state index contributed by atoms with van der Waals surface area (Å²) in [6.45, 7) is 0.663. The number of rotatable bonds is 8. The van der Waals surface area contributed by atoms with Gasteiger partial charge in [-0.1, -0.05) is 78.5 Å². The fourth-order valence-corrected chi connectivity index (χ4v) is 3.40. The third kappa shape index (κ3) is 5.14. The zero-order chi connectivity index (χ0) is 19.9. The third-order valence-corrected chi connectivity index (χ3v) is 5.03. The minimum atomic E-state index is -0.0920. The molecular formula is C22H19N3O3S. The van der Waals surface area contributed by atoms with Crippen molar-refractivity contribution < 1.29 is 13.9 Å². The van der Waals surface area contributed by atoms with Crippen molar-refractivity contribution in [2.45, 2.75) is 18.4 Å². The topological polar surface area (TPSA) is 77.2 Å². The summed E-state index contributed by atoms with van der Waals surface area (Å²) in [5, 5.41) is 13.3. The molecule has 0 atom stereocenters. The molecule has 1 N–H and O–H groups in total. The number of aromatic nitrogens is 2. The highest BCUT2D eigenvalue weighted by atomic mass is 32.2. The van der Waals surface area contributed by atoms with Gasteiger partial charge in [-0.05, 0) is 17.0 Å². The number of carbonyl (C=O) groups is 1. The number of fused-ring (bicyclic) bond motifs is 1. The van der Waals surface area contributed by atoms with Crippen LogP contribution in [0.5, 0.6) is 5.75 Å². The molecule has 1 aromatic heterocycles. The van der Waals surface area contributed by atoms with Crippen molar-refractivity contribution in [3.05, 3.63) is 84.3 Å². The van der Waals surface area contributed by atoms with E-state index in [1.54, 1.807) is 0 Å². The Morgan fingerprint density at radius 3 is 2.66 bits per heavy atom. The van der Waals surface area contributed by atoms with Gasteiger partial charge in [-0.3, -0.25) is 4.79 Å². The number of hydrogen-bond donors (Lipinski definition) is 1. The molecule has 4 rings (SSSR count). The van der Waals surface area contributed by atoms with Crippen molar-refractivity contribution in [2.24, 2.45) is 0 Å². The molecule has 0 saturated carbocycles. The Hall–Kier alpha value is -3.32. The highest BCUT2D eigenvalue weighted by molar-refractivity contribution is 7.99. The molecule has 29 heavy (non-hydrogen) atoms. The first-order chi connectivity index (χ1) is 14.3. The predicted molar refractivity (Wildman–Crippen MR) is 112 cm³/mol. The third-order valence-electron chi connectivity index (χ3n) is 4.21. The molecule has 146 valence electrons. The van der Waals surface area contributed by atoms with Gasteiger partial charge >= 0.3 is 0 Å². The van der Waals surface area contributed by atoms with Crippen molar-refractivity contribution >= 4 is 28.4 Å². The summed E-state index contributed by atoms with van der Waals surface area (Å²) < 4.78 is 11.4. The van der Waals surface area contributed by atoms with Crippen LogP contribution >= 0.6 is 11.8 Å². The van der Waals surface area contributed by atoms with Gasteiger partial charge in [0.15, 0.2) is 6.61 Å². The Bertz CT molecular complexity index is 1090. The average molecular weight is 405 g/mol. The van der Waals surface area contributed by atoms with Crippen molar-refractivity contribution in [1.29, 1.82) is 0 Å². The van der Waals surface area contributed by atoms with Crippen LogP contribution in [0.2, 0.25) is 0 Å². The fraction of sp³-hybridized carbons (Fsp3) is 0.136. The molecule has 4 aromatic rings. The van der Waals surface area contributed by atoms with Crippen LogP contribution in [0.15, 0.2) is 82.4 Å². The lowest BCUT2D eigenvalue weighted by Gasteiger charge is -2.07. The summed E-state index contributed by atoms with van der Waals surface area (Å²) in [4.78, 5) is 12.0. The number of thioether (sulfide) groups is 1. The first kappa shape index (κ1) is 19.0. The molecule has 0 radical (unpaired) electrons. The summed E-state index contributed by atoms with van der Waals surface area (Å²) in [5.74, 6) is 1.24. The molecule has 0 fully saturated rings. The normalized spacial score (nSPS) is 10.8. The predicted octanol–water partition coefficient (Wildman–Crippen LogP) is 4.21. The van der Waals surface area contributed by atoms with Crippen LogP contribution in [-0.2, 0) is 17.9 Å². The molecule has 0 spiro atoms. The molecule has 3 aromatic carbocycles. The minimum Gasteiger partial charge on any atom is -0.483 e. The van der Waals surface area contributed by atoms with Gasteiger partial charge in [0.05, 0.1) is 5.75 Å². The van der Waals surface area contributed by atoms with E-state index in [1.165, 1.54) is 11.8 Å². The van der Waals surface area contributed by atoms with Crippen molar-refractivity contribution in [3.63, 3.8) is 0 Å². The van der Waals surface area contributed by atoms with Crippen LogP contribution in [0.25, 0.3) is 10.8 Å². The zero-order valence-electron chi connectivity index (χ0n) is 15.6. The number of carbonyl (C=O) groups excluding carboxylic acids is 1. The first-order valence-corrected chi connectivity index (χ1v) is 10.1. The Labute approximate surface area is 172 Å². The van der Waals surface area contributed by atoms with E-state index in [4.69, 9.17) is 9.15 Å². The number of nitrogens with one attached hydrogen (secondary N) is 1. The fourth-order valence-electron chi connectivity index (χ4n) is 2.79. The molecule has 0 saturated heterocycles. The van der Waals surface area contributed by atoms with E-state index in [9.17, 15) is 4.79 Å². The standard InChI is InChI=1S/C22H19N3O3S/c26-20(23-13-16-7-2-1-3-8-16)15-29-22-25-24-21(28-22)14-27-19-12-6-10-17-9-4-5-11-18(17)19/h1-12H,13-15H2,(H,23,26). The number of hydrogen-bond acceptors (Lipinski definition) is 6. The molecule has 0 aliphatic carbocycles. The van der Waals surface area contributed by atoms with Gasteiger partial charge in [0.25, 0.3) is 11.1 Å². The first-order valence-electron chi connectivity index (χ1n) is 9.14. The molecule has 6 nitrogen and oxygen atoms in total. The number of nitrogens with zero attached hydrogens (tertiary/aromatic N) is 2. The molecule has 1 heterocycles. The summed E-state index contributed by atoms with van der Waals surface area (Å²) in [7, 11) is 0. The molecular weight excluding hydrogens is 386 g/mol. The molecule has 0 unspecified atom stereocenters. The Kier molecular flexibility index (Phi) is 6.07. The van der Waals surface area contributed by atoms with Crippen molar-refractivity contribution in [3.8, 4) is 5.75 Å². The monoisotopic (exact) mass is 405 g/mol. The van der Waals surface area contributed by atoms with Crippen LogP contribution in [0.4, 0.5) is 0 Å². The van der Waals surface area contributed by atoms with E-state index in [2.05, 4.69) is 15.5 Å². The maximum atomic E-state index is 12.0. The second kappa shape index (κ2) is 9.25. The molecule has 1 amide bonds. The highest BCUT2D eigenvalue weighted by Gasteiger charge is 2.11. The number of benzene rings is 3. The Balaban J connectivity index is 1.27. The second-order valence-corrected chi connectivity index (χ2v) is 7.21. The van der Waals surface area contributed by atoms with Gasteiger partial charge in [-0.2, -0.15) is 0 Å². The van der Waals surface area contributed by atoms with Gasteiger partial charge in [-0.15, -0.1) is 10.2 Å². The quantitative estimate of drug-likeness (QED) is 0.443. The summed E-state index contributed by atoms with van der Waals surface area (Å²) in [6.07, 6.45) is 0. The molecule has 7 heteroatoms. The van der Waals surface area contributed by atoms with Gasteiger partial charge in [0, 0.05) is 11.9 Å². The Morgan fingerprint density at radius 2 is 1.76 bits per heavy atom. The molecule has 0 bridgehead atoms. The zero-order valence-corrected chi connectivity index (χ0v) is 16.4. The summed E-state index contributed by atoms with van der Waals surface area (Å²) >= 11 is 1.20. The lowest BCUT2D eigenvalue weighted by molar-refractivity contribution is -0.118. The van der Waals surface area contributed by atoms with E-state index < -0.39 is 0 Å². The molecule has 0 aliphatic heterocycles. The average Bonchev–Trinajstić information content (AvgIpc) is 3.23. The van der Waals surface area contributed by atoms with Crippen LogP contribution in [0.3, 0.4) is 0 Å². The van der Waals surface area contributed by atoms with E-state index in [-0.39, 0.29) is 18.3 Å². The van der Waals surface area contributed by atoms with Crippen molar-refractivity contribution in [2.75, 3.05) is 5.75 Å². The summed E-state index contributed by atoms with van der Waals surface area (Å²) in [5.41, 5.74) is 1.05. The lowest BCUT2D eigenvalue weighted by atomic mass is 10.1. The van der Waals surface area contributed by atoms with Gasteiger partial charge in [-0.25, -0.2) is 0 Å². The minimum absolute atomic E-state index is 0.0920.